The maximum atomic E-state index is 5.62. The number of rotatable bonds is 4. The van der Waals surface area contributed by atoms with Crippen LogP contribution in [0.2, 0.25) is 0 Å². The van der Waals surface area contributed by atoms with E-state index in [4.69, 9.17) is 5.73 Å². The fourth-order valence-corrected chi connectivity index (χ4v) is 1.29. The molecular weight excluding hydrogens is 164 g/mol. The Morgan fingerprint density at radius 1 is 1.38 bits per heavy atom. The van der Waals surface area contributed by atoms with Gasteiger partial charge in [0.25, 0.3) is 0 Å². The number of nitrogens with one attached hydrogen (secondary N) is 1. The molecule has 1 aromatic rings. The molecule has 1 heterocycles. The number of nitrogen functional groups attached to an aromatic ring is 1. The molecule has 0 amide bonds. The average Bonchev–Trinajstić information content (AvgIpc) is 2.92. The highest BCUT2D eigenvalue weighted by atomic mass is 15.0. The molecule has 2 rings (SSSR count). The molecule has 0 spiro atoms. The van der Waals surface area contributed by atoms with Gasteiger partial charge in [0, 0.05) is 18.9 Å². The molecule has 1 aliphatic carbocycles. The lowest BCUT2D eigenvalue weighted by Gasteiger charge is -2.05. The van der Waals surface area contributed by atoms with Gasteiger partial charge in [-0.15, -0.1) is 0 Å². The summed E-state index contributed by atoms with van der Waals surface area (Å²) < 4.78 is 0. The predicted molar refractivity (Wildman–Crippen MR) is 52.3 cm³/mol. The van der Waals surface area contributed by atoms with E-state index in [0.717, 1.165) is 12.5 Å². The third kappa shape index (κ3) is 2.31. The van der Waals surface area contributed by atoms with Crippen LogP contribution >= 0.6 is 0 Å². The van der Waals surface area contributed by atoms with Crippen LogP contribution in [0.15, 0.2) is 12.4 Å². The molecule has 0 atom stereocenters. The van der Waals surface area contributed by atoms with Gasteiger partial charge in [0.05, 0.1) is 0 Å². The smallest absolute Gasteiger partial charge is 0.168 e. The summed E-state index contributed by atoms with van der Waals surface area (Å²) in [5.41, 5.74) is 5.62. The van der Waals surface area contributed by atoms with Gasteiger partial charge in [-0.1, -0.05) is 12.8 Å². The van der Waals surface area contributed by atoms with Gasteiger partial charge in [-0.05, 0) is 12.3 Å². The molecule has 70 valence electrons. The molecule has 13 heavy (non-hydrogen) atoms. The first kappa shape index (κ1) is 8.29. The van der Waals surface area contributed by atoms with Gasteiger partial charge in [-0.2, -0.15) is 0 Å². The summed E-state index contributed by atoms with van der Waals surface area (Å²) in [6.45, 7) is 0.952. The van der Waals surface area contributed by atoms with Crippen LogP contribution in [0.1, 0.15) is 19.3 Å². The second kappa shape index (κ2) is 3.60. The van der Waals surface area contributed by atoms with Crippen LogP contribution in [0.25, 0.3) is 0 Å². The first-order valence-electron chi connectivity index (χ1n) is 4.66. The van der Waals surface area contributed by atoms with Gasteiger partial charge < -0.3 is 11.1 Å². The molecule has 1 aliphatic rings. The van der Waals surface area contributed by atoms with Crippen LogP contribution in [0.4, 0.5) is 11.6 Å². The maximum Gasteiger partial charge on any atom is 0.168 e. The quantitative estimate of drug-likeness (QED) is 0.728. The van der Waals surface area contributed by atoms with Crippen molar-refractivity contribution in [1.82, 2.24) is 9.97 Å². The maximum absolute atomic E-state index is 5.62. The SMILES string of the molecule is Nc1nccnc1NCCC1CC1. The van der Waals surface area contributed by atoms with E-state index in [9.17, 15) is 0 Å². The number of aromatic nitrogens is 2. The molecule has 4 nitrogen and oxygen atoms in total. The van der Waals surface area contributed by atoms with Crippen LogP contribution in [0.3, 0.4) is 0 Å². The van der Waals surface area contributed by atoms with Gasteiger partial charge in [0.1, 0.15) is 0 Å². The van der Waals surface area contributed by atoms with Crippen LogP contribution in [-0.2, 0) is 0 Å². The van der Waals surface area contributed by atoms with Gasteiger partial charge in [-0.25, -0.2) is 9.97 Å². The second-order valence-electron chi connectivity index (χ2n) is 3.45. The summed E-state index contributed by atoms with van der Waals surface area (Å²) in [6.07, 6.45) is 7.24. The van der Waals surface area contributed by atoms with Crippen LogP contribution < -0.4 is 11.1 Å². The Kier molecular flexibility index (Phi) is 2.29. The second-order valence-corrected chi connectivity index (χ2v) is 3.45. The third-order valence-corrected chi connectivity index (χ3v) is 2.27. The van der Waals surface area contributed by atoms with Crippen molar-refractivity contribution in [3.63, 3.8) is 0 Å². The summed E-state index contributed by atoms with van der Waals surface area (Å²) in [6, 6.07) is 0. The molecule has 0 aromatic carbocycles. The molecule has 1 aromatic heterocycles. The van der Waals surface area contributed by atoms with E-state index >= 15 is 0 Å². The van der Waals surface area contributed by atoms with Crippen molar-refractivity contribution in [2.45, 2.75) is 19.3 Å². The van der Waals surface area contributed by atoms with E-state index in [-0.39, 0.29) is 0 Å². The Morgan fingerprint density at radius 3 is 2.85 bits per heavy atom. The summed E-state index contributed by atoms with van der Waals surface area (Å²) >= 11 is 0. The molecule has 0 unspecified atom stereocenters. The Morgan fingerprint density at radius 2 is 2.15 bits per heavy atom. The van der Waals surface area contributed by atoms with E-state index < -0.39 is 0 Å². The normalized spacial score (nSPS) is 15.7. The zero-order chi connectivity index (χ0) is 9.10. The number of anilines is 2. The highest BCUT2D eigenvalue weighted by molar-refractivity contribution is 5.54. The average molecular weight is 178 g/mol. The predicted octanol–water partition coefficient (Wildman–Crippen LogP) is 1.27. The summed E-state index contributed by atoms with van der Waals surface area (Å²) in [4.78, 5) is 8.04. The molecule has 0 aliphatic heterocycles. The zero-order valence-electron chi connectivity index (χ0n) is 7.53. The Bertz CT molecular complexity index is 283. The van der Waals surface area contributed by atoms with Crippen molar-refractivity contribution in [2.75, 3.05) is 17.6 Å². The Balaban J connectivity index is 1.82. The van der Waals surface area contributed by atoms with Crippen LogP contribution in [-0.4, -0.2) is 16.5 Å². The highest BCUT2D eigenvalue weighted by Gasteiger charge is 2.20. The molecule has 3 N–H and O–H groups in total. The lowest BCUT2D eigenvalue weighted by atomic mass is 10.3. The van der Waals surface area contributed by atoms with Crippen molar-refractivity contribution in [1.29, 1.82) is 0 Å². The number of hydrogen-bond donors (Lipinski definition) is 2. The van der Waals surface area contributed by atoms with E-state index in [1.54, 1.807) is 12.4 Å². The van der Waals surface area contributed by atoms with Crippen molar-refractivity contribution in [3.05, 3.63) is 12.4 Å². The largest absolute Gasteiger partial charge is 0.381 e. The van der Waals surface area contributed by atoms with E-state index in [1.165, 1.54) is 19.3 Å². The molecule has 0 bridgehead atoms. The molecular formula is C9H14N4. The van der Waals surface area contributed by atoms with Gasteiger partial charge in [0.15, 0.2) is 11.6 Å². The lowest BCUT2D eigenvalue weighted by molar-refractivity contribution is 0.758. The van der Waals surface area contributed by atoms with Crippen molar-refractivity contribution < 1.29 is 0 Å². The van der Waals surface area contributed by atoms with E-state index in [1.807, 2.05) is 0 Å². The minimum atomic E-state index is 0.485. The fourth-order valence-electron chi connectivity index (χ4n) is 1.29. The van der Waals surface area contributed by atoms with Crippen molar-refractivity contribution in [2.24, 2.45) is 5.92 Å². The molecule has 0 saturated heterocycles. The molecule has 0 radical (unpaired) electrons. The first-order valence-corrected chi connectivity index (χ1v) is 4.66. The Labute approximate surface area is 77.6 Å². The van der Waals surface area contributed by atoms with E-state index in [0.29, 0.717) is 11.6 Å². The van der Waals surface area contributed by atoms with E-state index in [2.05, 4.69) is 15.3 Å². The van der Waals surface area contributed by atoms with Gasteiger partial charge in [-0.3, -0.25) is 0 Å². The molecule has 1 saturated carbocycles. The number of hydrogen-bond acceptors (Lipinski definition) is 4. The number of nitrogens with zero attached hydrogens (tertiary/aromatic N) is 2. The first-order chi connectivity index (χ1) is 6.36. The van der Waals surface area contributed by atoms with Crippen molar-refractivity contribution in [3.8, 4) is 0 Å². The summed E-state index contributed by atoms with van der Waals surface area (Å²) in [5, 5.41) is 3.19. The molecule has 4 heteroatoms. The highest BCUT2D eigenvalue weighted by Crippen LogP contribution is 2.32. The van der Waals surface area contributed by atoms with Crippen LogP contribution in [0.5, 0.6) is 0 Å². The Hall–Kier alpha value is -1.32. The number of nitrogens with two attached hydrogens (primary N) is 1. The van der Waals surface area contributed by atoms with Crippen molar-refractivity contribution >= 4 is 11.6 Å². The zero-order valence-corrected chi connectivity index (χ0v) is 7.53. The lowest BCUT2D eigenvalue weighted by Crippen LogP contribution is -2.07. The minimum Gasteiger partial charge on any atom is -0.381 e. The monoisotopic (exact) mass is 178 g/mol. The molecule has 1 fully saturated rings. The van der Waals surface area contributed by atoms with Gasteiger partial charge >= 0.3 is 0 Å². The third-order valence-electron chi connectivity index (χ3n) is 2.27. The van der Waals surface area contributed by atoms with Crippen LogP contribution in [0, 0.1) is 5.92 Å². The summed E-state index contributed by atoms with van der Waals surface area (Å²) in [5.74, 6) is 2.13. The fraction of sp³-hybridized carbons (Fsp3) is 0.556. The standard InChI is InChI=1S/C9H14N4/c10-8-9(13-6-5-11-8)12-4-3-7-1-2-7/h5-7H,1-4H2,(H2,10,11)(H,12,13). The van der Waals surface area contributed by atoms with Gasteiger partial charge in [0.2, 0.25) is 0 Å². The minimum absolute atomic E-state index is 0.485. The topological polar surface area (TPSA) is 63.8 Å². The summed E-state index contributed by atoms with van der Waals surface area (Å²) in [7, 11) is 0.